The average molecular weight is 416 g/mol. The summed E-state index contributed by atoms with van der Waals surface area (Å²) in [4.78, 5) is 14.6. The van der Waals surface area contributed by atoms with Crippen LogP contribution < -0.4 is 9.47 Å². The third kappa shape index (κ3) is 3.78. The highest BCUT2D eigenvalue weighted by molar-refractivity contribution is 6.33. The summed E-state index contributed by atoms with van der Waals surface area (Å²) in [6, 6.07) is 11.4. The molecule has 0 spiro atoms. The molecule has 0 atom stereocenters. The second-order valence-electron chi connectivity index (χ2n) is 6.78. The highest BCUT2D eigenvalue weighted by Crippen LogP contribution is 2.31. The molecule has 3 aromatic rings. The Kier molecular flexibility index (Phi) is 5.15. The lowest BCUT2D eigenvalue weighted by Crippen LogP contribution is -2.27. The number of amides is 1. The number of rotatable bonds is 4. The summed E-state index contributed by atoms with van der Waals surface area (Å²) in [5.41, 5.74) is 2.30. The maximum Gasteiger partial charge on any atom is 0.258 e. The number of aromatic nitrogens is 2. The molecule has 150 valence electrons. The third-order valence-corrected chi connectivity index (χ3v) is 5.01. The SMILES string of the molecule is Cc1nn(-c2ccc(F)cc2)c(Cl)c1C(=O)N(C)Cc1ccc2c(c1)OCCO2. The summed E-state index contributed by atoms with van der Waals surface area (Å²) in [6.07, 6.45) is 0. The number of benzene rings is 2. The van der Waals surface area contributed by atoms with E-state index in [1.54, 1.807) is 31.0 Å². The van der Waals surface area contributed by atoms with Gasteiger partial charge in [0.2, 0.25) is 0 Å². The lowest BCUT2D eigenvalue weighted by molar-refractivity contribution is 0.0784. The van der Waals surface area contributed by atoms with E-state index in [0.717, 1.165) is 5.56 Å². The number of aryl methyl sites for hydroxylation is 1. The summed E-state index contributed by atoms with van der Waals surface area (Å²) in [5, 5.41) is 4.54. The summed E-state index contributed by atoms with van der Waals surface area (Å²) in [7, 11) is 1.70. The molecule has 29 heavy (non-hydrogen) atoms. The Morgan fingerprint density at radius 1 is 1.17 bits per heavy atom. The molecule has 0 N–H and O–H groups in total. The second kappa shape index (κ2) is 7.75. The predicted molar refractivity (Wildman–Crippen MR) is 106 cm³/mol. The Hall–Kier alpha value is -3.06. The van der Waals surface area contributed by atoms with Crippen molar-refractivity contribution in [2.75, 3.05) is 20.3 Å². The Morgan fingerprint density at radius 2 is 1.86 bits per heavy atom. The highest BCUT2D eigenvalue weighted by atomic mass is 35.5. The molecule has 1 amide bonds. The van der Waals surface area contributed by atoms with Crippen molar-refractivity contribution in [3.63, 3.8) is 0 Å². The van der Waals surface area contributed by atoms with Gasteiger partial charge in [0.1, 0.15) is 24.2 Å². The minimum atomic E-state index is -0.357. The van der Waals surface area contributed by atoms with E-state index in [-0.39, 0.29) is 16.9 Å². The largest absolute Gasteiger partial charge is 0.486 e. The van der Waals surface area contributed by atoms with Crippen molar-refractivity contribution in [3.05, 3.63) is 70.3 Å². The van der Waals surface area contributed by atoms with Crippen LogP contribution in [0.3, 0.4) is 0 Å². The molecule has 0 saturated heterocycles. The predicted octanol–water partition coefficient (Wildman–Crippen LogP) is 4.02. The molecule has 2 heterocycles. The average Bonchev–Trinajstić information content (AvgIpc) is 3.02. The number of hydrogen-bond donors (Lipinski definition) is 0. The van der Waals surface area contributed by atoms with Crippen molar-refractivity contribution in [3.8, 4) is 17.2 Å². The maximum atomic E-state index is 13.2. The van der Waals surface area contributed by atoms with Crippen molar-refractivity contribution in [2.45, 2.75) is 13.5 Å². The Balaban J connectivity index is 1.57. The molecule has 0 radical (unpaired) electrons. The molecule has 1 aliphatic heterocycles. The van der Waals surface area contributed by atoms with Crippen LogP contribution >= 0.6 is 11.6 Å². The normalized spacial score (nSPS) is 12.7. The molecule has 0 saturated carbocycles. The number of ether oxygens (including phenoxy) is 2. The zero-order valence-corrected chi connectivity index (χ0v) is 16.7. The van der Waals surface area contributed by atoms with Crippen molar-refractivity contribution >= 4 is 17.5 Å². The summed E-state index contributed by atoms with van der Waals surface area (Å²) in [5.74, 6) is 0.765. The molecule has 0 unspecified atom stereocenters. The molecule has 8 heteroatoms. The zero-order chi connectivity index (χ0) is 20.5. The number of fused-ring (bicyclic) bond motifs is 1. The van der Waals surface area contributed by atoms with Gasteiger partial charge >= 0.3 is 0 Å². The fraction of sp³-hybridized carbons (Fsp3) is 0.238. The molecular formula is C21H19ClFN3O3. The van der Waals surface area contributed by atoms with Crippen LogP contribution in [0.5, 0.6) is 11.5 Å². The molecule has 1 aromatic heterocycles. The zero-order valence-electron chi connectivity index (χ0n) is 16.0. The van der Waals surface area contributed by atoms with Gasteiger partial charge in [0, 0.05) is 13.6 Å². The first kappa shape index (κ1) is 19.3. The van der Waals surface area contributed by atoms with Gasteiger partial charge in [-0.25, -0.2) is 9.07 Å². The fourth-order valence-corrected chi connectivity index (χ4v) is 3.57. The Bertz CT molecular complexity index is 1070. The quantitative estimate of drug-likeness (QED) is 0.646. The van der Waals surface area contributed by atoms with Crippen LogP contribution in [0.2, 0.25) is 5.15 Å². The van der Waals surface area contributed by atoms with Crippen LogP contribution in [0.15, 0.2) is 42.5 Å². The first-order chi connectivity index (χ1) is 13.9. The van der Waals surface area contributed by atoms with Gasteiger partial charge in [-0.1, -0.05) is 17.7 Å². The summed E-state index contributed by atoms with van der Waals surface area (Å²) >= 11 is 6.46. The van der Waals surface area contributed by atoms with Crippen molar-refractivity contribution in [1.82, 2.24) is 14.7 Å². The highest BCUT2D eigenvalue weighted by Gasteiger charge is 2.24. The van der Waals surface area contributed by atoms with Crippen LogP contribution in [0.25, 0.3) is 5.69 Å². The van der Waals surface area contributed by atoms with Crippen LogP contribution in [0.4, 0.5) is 4.39 Å². The molecule has 2 aromatic carbocycles. The smallest absolute Gasteiger partial charge is 0.258 e. The maximum absolute atomic E-state index is 13.2. The molecule has 6 nitrogen and oxygen atoms in total. The van der Waals surface area contributed by atoms with Crippen molar-refractivity contribution < 1.29 is 18.7 Å². The lowest BCUT2D eigenvalue weighted by atomic mass is 10.1. The van der Waals surface area contributed by atoms with E-state index in [0.29, 0.717) is 48.2 Å². The van der Waals surface area contributed by atoms with E-state index in [4.69, 9.17) is 21.1 Å². The third-order valence-electron chi connectivity index (χ3n) is 4.66. The fourth-order valence-electron chi connectivity index (χ4n) is 3.22. The van der Waals surface area contributed by atoms with Gasteiger partial charge in [0.15, 0.2) is 11.5 Å². The molecule has 0 fully saturated rings. The van der Waals surface area contributed by atoms with Gasteiger partial charge in [0.25, 0.3) is 5.91 Å². The molecule has 0 bridgehead atoms. The summed E-state index contributed by atoms with van der Waals surface area (Å²) < 4.78 is 25.8. The monoisotopic (exact) mass is 415 g/mol. The number of halogens is 2. The van der Waals surface area contributed by atoms with Crippen molar-refractivity contribution in [2.24, 2.45) is 0 Å². The van der Waals surface area contributed by atoms with E-state index in [1.807, 2.05) is 18.2 Å². The van der Waals surface area contributed by atoms with Crippen LogP contribution in [0, 0.1) is 12.7 Å². The van der Waals surface area contributed by atoms with Gasteiger partial charge in [0.05, 0.1) is 16.9 Å². The van der Waals surface area contributed by atoms with E-state index < -0.39 is 0 Å². The van der Waals surface area contributed by atoms with Crippen molar-refractivity contribution in [1.29, 1.82) is 0 Å². The van der Waals surface area contributed by atoms with E-state index in [1.165, 1.54) is 16.8 Å². The topological polar surface area (TPSA) is 56.6 Å². The van der Waals surface area contributed by atoms with E-state index in [9.17, 15) is 9.18 Å². The number of carbonyl (C=O) groups is 1. The Morgan fingerprint density at radius 3 is 2.59 bits per heavy atom. The van der Waals surface area contributed by atoms with Gasteiger partial charge in [-0.15, -0.1) is 0 Å². The lowest BCUT2D eigenvalue weighted by Gasteiger charge is -2.21. The minimum Gasteiger partial charge on any atom is -0.486 e. The van der Waals surface area contributed by atoms with Gasteiger partial charge in [-0.3, -0.25) is 4.79 Å². The standard InChI is InChI=1S/C21H19ClFN3O3/c1-13-19(20(22)26(24-13)16-6-4-15(23)5-7-16)21(27)25(2)12-14-3-8-17-18(11-14)29-10-9-28-17/h3-8,11H,9-10,12H2,1-2H3. The number of nitrogens with zero attached hydrogens (tertiary/aromatic N) is 3. The first-order valence-electron chi connectivity index (χ1n) is 9.09. The van der Waals surface area contributed by atoms with E-state index in [2.05, 4.69) is 5.10 Å². The first-order valence-corrected chi connectivity index (χ1v) is 9.47. The molecule has 0 aliphatic carbocycles. The molecular weight excluding hydrogens is 397 g/mol. The Labute approximate surface area is 172 Å². The van der Waals surface area contributed by atoms with Crippen LogP contribution in [-0.2, 0) is 6.54 Å². The van der Waals surface area contributed by atoms with Gasteiger partial charge in [-0.2, -0.15) is 5.10 Å². The van der Waals surface area contributed by atoms with E-state index >= 15 is 0 Å². The summed E-state index contributed by atoms with van der Waals surface area (Å²) in [6.45, 7) is 3.12. The number of hydrogen-bond acceptors (Lipinski definition) is 4. The second-order valence-corrected chi connectivity index (χ2v) is 7.14. The number of carbonyl (C=O) groups excluding carboxylic acids is 1. The minimum absolute atomic E-state index is 0.188. The van der Waals surface area contributed by atoms with Gasteiger partial charge in [-0.05, 0) is 48.9 Å². The molecule has 1 aliphatic rings. The molecule has 4 rings (SSSR count). The van der Waals surface area contributed by atoms with Gasteiger partial charge < -0.3 is 14.4 Å². The van der Waals surface area contributed by atoms with Crippen LogP contribution in [-0.4, -0.2) is 40.8 Å². The van der Waals surface area contributed by atoms with Crippen LogP contribution in [0.1, 0.15) is 21.6 Å².